The fraction of sp³-hybridized carbons (Fsp3) is 0.786. The molecule has 0 spiro atoms. The lowest BCUT2D eigenvalue weighted by atomic mass is 10.2. The molecule has 0 aromatic heterocycles. The van der Waals surface area contributed by atoms with Gasteiger partial charge in [-0.25, -0.2) is 0 Å². The van der Waals surface area contributed by atoms with Gasteiger partial charge < -0.3 is 10.2 Å². The highest BCUT2D eigenvalue weighted by atomic mass is 16.1. The van der Waals surface area contributed by atoms with Crippen LogP contribution < -0.4 is 5.32 Å². The van der Waals surface area contributed by atoms with Crippen molar-refractivity contribution in [1.82, 2.24) is 10.2 Å². The second kappa shape index (κ2) is 11.6. The largest absolute Gasteiger partial charge is 0.353 e. The average molecular weight is 240 g/mol. The van der Waals surface area contributed by atoms with Crippen molar-refractivity contribution < 1.29 is 4.79 Å². The molecule has 100 valence electrons. The first-order valence-corrected chi connectivity index (χ1v) is 6.87. The Kier molecular flexibility index (Phi) is 11.1. The average Bonchev–Trinajstić information content (AvgIpc) is 2.36. The van der Waals surface area contributed by atoms with Crippen molar-refractivity contribution in [2.45, 2.75) is 46.0 Å². The van der Waals surface area contributed by atoms with E-state index in [1.807, 2.05) is 0 Å². The topological polar surface area (TPSA) is 32.3 Å². The highest BCUT2D eigenvalue weighted by Crippen LogP contribution is 2.00. The maximum absolute atomic E-state index is 11.0. The normalized spacial score (nSPS) is 10.5. The van der Waals surface area contributed by atoms with Gasteiger partial charge in [0.15, 0.2) is 0 Å². The van der Waals surface area contributed by atoms with E-state index in [0.29, 0.717) is 0 Å². The summed E-state index contributed by atoms with van der Waals surface area (Å²) < 4.78 is 0. The van der Waals surface area contributed by atoms with Gasteiger partial charge in [-0.2, -0.15) is 0 Å². The van der Waals surface area contributed by atoms with Crippen molar-refractivity contribution in [1.29, 1.82) is 0 Å². The van der Waals surface area contributed by atoms with E-state index in [-0.39, 0.29) is 5.91 Å². The molecule has 1 N–H and O–H groups in total. The zero-order chi connectivity index (χ0) is 12.9. The molecular formula is C14H28N2O. The van der Waals surface area contributed by atoms with E-state index in [1.54, 1.807) is 0 Å². The second-order valence-corrected chi connectivity index (χ2v) is 4.40. The molecule has 0 saturated carbocycles. The van der Waals surface area contributed by atoms with Crippen molar-refractivity contribution in [3.8, 4) is 0 Å². The summed E-state index contributed by atoms with van der Waals surface area (Å²) in [6.45, 7) is 12.1. The zero-order valence-electron chi connectivity index (χ0n) is 11.5. The van der Waals surface area contributed by atoms with E-state index < -0.39 is 0 Å². The monoisotopic (exact) mass is 240 g/mol. The number of amides is 1. The summed E-state index contributed by atoms with van der Waals surface area (Å²) in [4.78, 5) is 13.5. The van der Waals surface area contributed by atoms with Gasteiger partial charge in [0.05, 0.1) is 0 Å². The number of rotatable bonds is 11. The molecule has 0 heterocycles. The molecule has 3 heteroatoms. The van der Waals surface area contributed by atoms with Gasteiger partial charge in [0, 0.05) is 6.54 Å². The Morgan fingerprint density at radius 1 is 1.12 bits per heavy atom. The minimum Gasteiger partial charge on any atom is -0.353 e. The summed E-state index contributed by atoms with van der Waals surface area (Å²) in [5.74, 6) is -0.0707. The van der Waals surface area contributed by atoms with Gasteiger partial charge in [0.1, 0.15) is 0 Å². The summed E-state index contributed by atoms with van der Waals surface area (Å²) in [5.41, 5.74) is 0. The third kappa shape index (κ3) is 10.1. The molecule has 1 amide bonds. The SMILES string of the molecule is C=CC(=O)NCCCN(CCCC)CCCC. The first kappa shape index (κ1) is 16.2. The van der Waals surface area contributed by atoms with Gasteiger partial charge >= 0.3 is 0 Å². The summed E-state index contributed by atoms with van der Waals surface area (Å²) in [6, 6.07) is 0. The molecule has 0 atom stereocenters. The Morgan fingerprint density at radius 2 is 1.65 bits per heavy atom. The van der Waals surface area contributed by atoms with Crippen molar-refractivity contribution in [2.24, 2.45) is 0 Å². The van der Waals surface area contributed by atoms with E-state index in [1.165, 1.54) is 44.8 Å². The van der Waals surface area contributed by atoms with Gasteiger partial charge in [-0.15, -0.1) is 0 Å². The van der Waals surface area contributed by atoms with Crippen LogP contribution >= 0.6 is 0 Å². The summed E-state index contributed by atoms with van der Waals surface area (Å²) >= 11 is 0. The Morgan fingerprint density at radius 3 is 2.12 bits per heavy atom. The number of nitrogens with one attached hydrogen (secondary N) is 1. The first-order valence-electron chi connectivity index (χ1n) is 6.87. The van der Waals surface area contributed by atoms with Crippen LogP contribution in [0, 0.1) is 0 Å². The van der Waals surface area contributed by atoms with Crippen LogP contribution in [0.3, 0.4) is 0 Å². The fourth-order valence-corrected chi connectivity index (χ4v) is 1.69. The minimum atomic E-state index is -0.0707. The molecule has 0 aliphatic carbocycles. The van der Waals surface area contributed by atoms with Crippen LogP contribution in [0.1, 0.15) is 46.0 Å². The molecule has 0 aliphatic rings. The van der Waals surface area contributed by atoms with Crippen LogP contribution in [0.15, 0.2) is 12.7 Å². The first-order chi connectivity index (χ1) is 8.24. The molecule has 0 saturated heterocycles. The third-order valence-electron chi connectivity index (χ3n) is 2.79. The lowest BCUT2D eigenvalue weighted by molar-refractivity contribution is -0.116. The van der Waals surface area contributed by atoms with Gasteiger partial charge in [-0.3, -0.25) is 4.79 Å². The Hall–Kier alpha value is -0.830. The molecule has 0 fully saturated rings. The van der Waals surface area contributed by atoms with E-state index >= 15 is 0 Å². The number of hydrogen-bond acceptors (Lipinski definition) is 2. The third-order valence-corrected chi connectivity index (χ3v) is 2.79. The van der Waals surface area contributed by atoms with Crippen LogP contribution in [-0.4, -0.2) is 37.0 Å². The summed E-state index contributed by atoms with van der Waals surface area (Å²) in [6.07, 6.45) is 7.37. The Bertz CT molecular complexity index is 196. The molecular weight excluding hydrogens is 212 g/mol. The van der Waals surface area contributed by atoms with Crippen LogP contribution in [0.25, 0.3) is 0 Å². The number of nitrogens with zero attached hydrogens (tertiary/aromatic N) is 1. The molecule has 0 aliphatic heterocycles. The van der Waals surface area contributed by atoms with Gasteiger partial charge in [-0.05, 0) is 45.0 Å². The fourth-order valence-electron chi connectivity index (χ4n) is 1.69. The van der Waals surface area contributed by atoms with Crippen molar-refractivity contribution in [3.05, 3.63) is 12.7 Å². The standard InChI is InChI=1S/C14H28N2O/c1-4-7-11-16(12-8-5-2)13-9-10-15-14(17)6-3/h6H,3-5,7-13H2,1-2H3,(H,15,17). The summed E-state index contributed by atoms with van der Waals surface area (Å²) in [7, 11) is 0. The number of hydrogen-bond donors (Lipinski definition) is 1. The number of unbranched alkanes of at least 4 members (excludes halogenated alkanes) is 2. The molecule has 0 aromatic carbocycles. The molecule has 17 heavy (non-hydrogen) atoms. The van der Waals surface area contributed by atoms with Crippen molar-refractivity contribution >= 4 is 5.91 Å². The van der Waals surface area contributed by atoms with Gasteiger partial charge in [0.2, 0.25) is 5.91 Å². The van der Waals surface area contributed by atoms with E-state index in [2.05, 4.69) is 30.6 Å². The highest BCUT2D eigenvalue weighted by Gasteiger charge is 2.03. The van der Waals surface area contributed by atoms with E-state index in [0.717, 1.165) is 19.5 Å². The predicted molar refractivity (Wildman–Crippen MR) is 74.1 cm³/mol. The van der Waals surface area contributed by atoms with Crippen LogP contribution in [0.2, 0.25) is 0 Å². The van der Waals surface area contributed by atoms with Crippen molar-refractivity contribution in [2.75, 3.05) is 26.2 Å². The molecule has 0 radical (unpaired) electrons. The minimum absolute atomic E-state index is 0.0707. The predicted octanol–water partition coefficient (Wildman–Crippen LogP) is 2.58. The number of carbonyl (C=O) groups is 1. The van der Waals surface area contributed by atoms with Crippen molar-refractivity contribution in [3.63, 3.8) is 0 Å². The maximum atomic E-state index is 11.0. The molecule has 0 unspecified atom stereocenters. The lowest BCUT2D eigenvalue weighted by Crippen LogP contribution is -2.30. The Balaban J connectivity index is 3.66. The molecule has 0 aromatic rings. The van der Waals surface area contributed by atoms with E-state index in [4.69, 9.17) is 0 Å². The smallest absolute Gasteiger partial charge is 0.243 e. The Labute approximate surface area is 106 Å². The van der Waals surface area contributed by atoms with Crippen LogP contribution in [0.4, 0.5) is 0 Å². The van der Waals surface area contributed by atoms with Gasteiger partial charge in [0.25, 0.3) is 0 Å². The molecule has 0 rings (SSSR count). The quantitative estimate of drug-likeness (QED) is 0.445. The van der Waals surface area contributed by atoms with Crippen LogP contribution in [-0.2, 0) is 4.79 Å². The zero-order valence-corrected chi connectivity index (χ0v) is 11.5. The number of carbonyl (C=O) groups excluding carboxylic acids is 1. The highest BCUT2D eigenvalue weighted by molar-refractivity contribution is 5.86. The molecule has 0 bridgehead atoms. The van der Waals surface area contributed by atoms with E-state index in [9.17, 15) is 4.79 Å². The molecule has 3 nitrogen and oxygen atoms in total. The second-order valence-electron chi connectivity index (χ2n) is 4.40. The summed E-state index contributed by atoms with van der Waals surface area (Å²) in [5, 5.41) is 2.82. The van der Waals surface area contributed by atoms with Crippen LogP contribution in [0.5, 0.6) is 0 Å². The lowest BCUT2D eigenvalue weighted by Gasteiger charge is -2.21. The van der Waals surface area contributed by atoms with Gasteiger partial charge in [-0.1, -0.05) is 33.3 Å². The maximum Gasteiger partial charge on any atom is 0.243 e.